The molecule has 0 aliphatic carbocycles. The molecule has 0 radical (unpaired) electrons. The van der Waals surface area contributed by atoms with E-state index in [1.54, 1.807) is 0 Å². The maximum absolute atomic E-state index is 11.0. The summed E-state index contributed by atoms with van der Waals surface area (Å²) in [5.41, 5.74) is 5.02. The average Bonchev–Trinajstić information content (AvgIpc) is 2.21. The summed E-state index contributed by atoms with van der Waals surface area (Å²) in [5, 5.41) is 12.4. The fourth-order valence-electron chi connectivity index (χ4n) is 2.65. The van der Waals surface area contributed by atoms with Crippen molar-refractivity contribution in [1.29, 1.82) is 0 Å². The summed E-state index contributed by atoms with van der Waals surface area (Å²) in [6.45, 7) is 10.4. The molecule has 1 unspecified atom stereocenters. The lowest BCUT2D eigenvalue weighted by Crippen LogP contribution is -2.38. The van der Waals surface area contributed by atoms with Crippen molar-refractivity contribution in [3.8, 4) is 0 Å². The predicted octanol–water partition coefficient (Wildman–Crippen LogP) is 3.00. The molecule has 1 atom stereocenters. The molecule has 0 fully saturated rings. The highest BCUT2D eigenvalue weighted by Crippen LogP contribution is 2.19. The average molecular weight is 263 g/mol. The van der Waals surface area contributed by atoms with E-state index in [1.165, 1.54) is 22.3 Å². The molecule has 0 saturated heterocycles. The Kier molecular flexibility index (Phi) is 5.55. The second kappa shape index (κ2) is 6.71. The smallest absolute Gasteiger partial charge is 0.304 e. The van der Waals surface area contributed by atoms with Crippen molar-refractivity contribution in [2.75, 3.05) is 0 Å². The molecule has 0 heterocycles. The van der Waals surface area contributed by atoms with Gasteiger partial charge in [-0.3, -0.25) is 4.79 Å². The number of aliphatic carboxylic acids is 1. The van der Waals surface area contributed by atoms with Crippen LogP contribution in [0, 0.1) is 20.8 Å². The molecule has 0 aromatic heterocycles. The molecule has 0 spiro atoms. The largest absolute Gasteiger partial charge is 0.481 e. The maximum atomic E-state index is 11.0. The molecule has 3 heteroatoms. The quantitative estimate of drug-likeness (QED) is 0.829. The van der Waals surface area contributed by atoms with E-state index in [4.69, 9.17) is 5.11 Å². The van der Waals surface area contributed by atoms with Gasteiger partial charge in [-0.25, -0.2) is 0 Å². The molecule has 0 bridgehead atoms. The number of rotatable bonds is 6. The highest BCUT2D eigenvalue weighted by atomic mass is 16.4. The van der Waals surface area contributed by atoms with Gasteiger partial charge in [0.05, 0.1) is 6.42 Å². The molecule has 106 valence electrons. The van der Waals surface area contributed by atoms with Crippen molar-refractivity contribution in [1.82, 2.24) is 5.32 Å². The lowest BCUT2D eigenvalue weighted by molar-refractivity contribution is -0.137. The predicted molar refractivity (Wildman–Crippen MR) is 78.7 cm³/mol. The minimum Gasteiger partial charge on any atom is -0.481 e. The number of benzene rings is 1. The fraction of sp³-hybridized carbons (Fsp3) is 0.562. The normalized spacial score (nSPS) is 12.7. The van der Waals surface area contributed by atoms with Crippen LogP contribution < -0.4 is 5.32 Å². The summed E-state index contributed by atoms with van der Waals surface area (Å²) in [6.07, 6.45) is 0.924. The molecule has 1 aromatic rings. The van der Waals surface area contributed by atoms with E-state index in [9.17, 15) is 4.79 Å². The van der Waals surface area contributed by atoms with Crippen LogP contribution in [0.3, 0.4) is 0 Å². The molecule has 0 aliphatic heterocycles. The number of hydrogen-bond donors (Lipinski definition) is 2. The molecule has 2 N–H and O–H groups in total. The second-order valence-corrected chi connectivity index (χ2v) is 5.70. The number of carboxylic acids is 1. The topological polar surface area (TPSA) is 49.3 Å². The minimum atomic E-state index is -0.749. The van der Waals surface area contributed by atoms with Crippen LogP contribution in [-0.2, 0) is 11.2 Å². The van der Waals surface area contributed by atoms with E-state index in [0.29, 0.717) is 0 Å². The van der Waals surface area contributed by atoms with Crippen LogP contribution in [0.1, 0.15) is 42.5 Å². The first kappa shape index (κ1) is 15.7. The second-order valence-electron chi connectivity index (χ2n) is 5.70. The third-order valence-electron chi connectivity index (χ3n) is 3.28. The molecule has 0 aliphatic rings. The van der Waals surface area contributed by atoms with Crippen LogP contribution >= 0.6 is 0 Å². The van der Waals surface area contributed by atoms with Gasteiger partial charge in [0.15, 0.2) is 0 Å². The van der Waals surface area contributed by atoms with Crippen LogP contribution in [-0.4, -0.2) is 23.2 Å². The van der Waals surface area contributed by atoms with Crippen LogP contribution in [0.15, 0.2) is 12.1 Å². The first-order valence-corrected chi connectivity index (χ1v) is 6.84. The van der Waals surface area contributed by atoms with Gasteiger partial charge in [-0.1, -0.05) is 31.5 Å². The van der Waals surface area contributed by atoms with Crippen LogP contribution in [0.5, 0.6) is 0 Å². The molecule has 3 nitrogen and oxygen atoms in total. The van der Waals surface area contributed by atoms with Crippen molar-refractivity contribution in [2.45, 2.75) is 59.5 Å². The summed E-state index contributed by atoms with van der Waals surface area (Å²) in [4.78, 5) is 11.0. The molecular weight excluding hydrogens is 238 g/mol. The van der Waals surface area contributed by atoms with E-state index >= 15 is 0 Å². The van der Waals surface area contributed by atoms with Gasteiger partial charge in [0.2, 0.25) is 0 Å². The highest BCUT2D eigenvalue weighted by molar-refractivity contribution is 5.67. The number of carboxylic acid groups (broad SMARTS) is 1. The Hall–Kier alpha value is -1.35. The molecule has 0 amide bonds. The van der Waals surface area contributed by atoms with Gasteiger partial charge in [-0.15, -0.1) is 0 Å². The Morgan fingerprint density at radius 2 is 1.74 bits per heavy atom. The van der Waals surface area contributed by atoms with Gasteiger partial charge in [-0.2, -0.15) is 0 Å². The Morgan fingerprint density at radius 1 is 1.21 bits per heavy atom. The van der Waals surface area contributed by atoms with E-state index in [2.05, 4.69) is 38.2 Å². The summed E-state index contributed by atoms with van der Waals surface area (Å²) < 4.78 is 0. The molecule has 0 saturated carbocycles. The summed E-state index contributed by atoms with van der Waals surface area (Å²) >= 11 is 0. The van der Waals surface area contributed by atoms with E-state index in [0.717, 1.165) is 6.42 Å². The zero-order valence-electron chi connectivity index (χ0n) is 12.6. The molecule has 1 rings (SSSR count). The first-order valence-electron chi connectivity index (χ1n) is 6.84. The van der Waals surface area contributed by atoms with Gasteiger partial charge in [0.1, 0.15) is 0 Å². The van der Waals surface area contributed by atoms with Crippen molar-refractivity contribution in [2.24, 2.45) is 0 Å². The fourth-order valence-corrected chi connectivity index (χ4v) is 2.65. The van der Waals surface area contributed by atoms with Crippen molar-refractivity contribution >= 4 is 5.97 Å². The van der Waals surface area contributed by atoms with Crippen LogP contribution in [0.2, 0.25) is 0 Å². The van der Waals surface area contributed by atoms with Gasteiger partial charge in [-0.05, 0) is 43.9 Å². The van der Waals surface area contributed by atoms with Gasteiger partial charge in [0.25, 0.3) is 0 Å². The van der Waals surface area contributed by atoms with Gasteiger partial charge in [0, 0.05) is 12.1 Å². The number of hydrogen-bond acceptors (Lipinski definition) is 2. The molecule has 19 heavy (non-hydrogen) atoms. The SMILES string of the molecule is Cc1cc(C)c(CC(CC(=O)O)NC(C)C)c(C)c1. The summed E-state index contributed by atoms with van der Waals surface area (Å²) in [6, 6.07) is 4.60. The standard InChI is InChI=1S/C16H25NO2/c1-10(2)17-14(9-16(18)19)8-15-12(4)6-11(3)7-13(15)5/h6-7,10,14,17H,8-9H2,1-5H3,(H,18,19). The molecular formula is C16H25NO2. The van der Waals surface area contributed by atoms with Crippen molar-refractivity contribution in [3.05, 3.63) is 34.4 Å². The lowest BCUT2D eigenvalue weighted by atomic mass is 9.93. The minimum absolute atomic E-state index is 0.0161. The van der Waals surface area contributed by atoms with E-state index in [1.807, 2.05) is 13.8 Å². The summed E-state index contributed by atoms with van der Waals surface area (Å²) in [5.74, 6) is -0.749. The Balaban J connectivity index is 2.92. The zero-order chi connectivity index (χ0) is 14.6. The first-order chi connectivity index (χ1) is 8.79. The third-order valence-corrected chi connectivity index (χ3v) is 3.28. The Labute approximate surface area is 116 Å². The van der Waals surface area contributed by atoms with E-state index < -0.39 is 5.97 Å². The van der Waals surface area contributed by atoms with Crippen molar-refractivity contribution in [3.63, 3.8) is 0 Å². The summed E-state index contributed by atoms with van der Waals surface area (Å²) in [7, 11) is 0. The lowest BCUT2D eigenvalue weighted by Gasteiger charge is -2.22. The maximum Gasteiger partial charge on any atom is 0.304 e. The Morgan fingerprint density at radius 3 is 2.16 bits per heavy atom. The van der Waals surface area contributed by atoms with E-state index in [-0.39, 0.29) is 18.5 Å². The zero-order valence-corrected chi connectivity index (χ0v) is 12.6. The van der Waals surface area contributed by atoms with Crippen LogP contribution in [0.25, 0.3) is 0 Å². The molecule has 1 aromatic carbocycles. The monoisotopic (exact) mass is 263 g/mol. The third kappa shape index (κ3) is 5.03. The number of aryl methyl sites for hydroxylation is 3. The number of carbonyl (C=O) groups is 1. The van der Waals surface area contributed by atoms with Gasteiger partial charge >= 0.3 is 5.97 Å². The Bertz CT molecular complexity index is 429. The number of nitrogens with one attached hydrogen (secondary N) is 1. The van der Waals surface area contributed by atoms with Crippen LogP contribution in [0.4, 0.5) is 0 Å². The highest BCUT2D eigenvalue weighted by Gasteiger charge is 2.17. The van der Waals surface area contributed by atoms with Gasteiger partial charge < -0.3 is 10.4 Å². The van der Waals surface area contributed by atoms with Crippen molar-refractivity contribution < 1.29 is 9.90 Å².